The Hall–Kier alpha value is -3.26. The molecule has 31 heavy (non-hydrogen) atoms. The van der Waals surface area contributed by atoms with Gasteiger partial charge < -0.3 is 15.2 Å². The van der Waals surface area contributed by atoms with Crippen LogP contribution < -0.4 is 15.2 Å². The summed E-state index contributed by atoms with van der Waals surface area (Å²) in [7, 11) is 1.44. The summed E-state index contributed by atoms with van der Waals surface area (Å²) in [5, 5.41) is 15.1. The molecule has 2 aromatic carbocycles. The van der Waals surface area contributed by atoms with Gasteiger partial charge in [-0.3, -0.25) is 4.79 Å². The van der Waals surface area contributed by atoms with Crippen molar-refractivity contribution in [3.63, 3.8) is 0 Å². The molecule has 162 valence electrons. The van der Waals surface area contributed by atoms with Crippen LogP contribution in [-0.2, 0) is 12.0 Å². The normalized spacial score (nSPS) is 13.5. The van der Waals surface area contributed by atoms with Crippen LogP contribution >= 0.6 is 15.9 Å². The molecule has 11 heteroatoms. The first-order chi connectivity index (χ1) is 14.5. The number of hydrogen-bond acceptors (Lipinski definition) is 5. The third kappa shape index (κ3) is 4.59. The highest BCUT2D eigenvalue weighted by Gasteiger charge is 2.36. The first-order valence-corrected chi connectivity index (χ1v) is 9.58. The van der Waals surface area contributed by atoms with Gasteiger partial charge in [0, 0.05) is 10.0 Å². The molecule has 1 aromatic heterocycles. The Labute approximate surface area is 183 Å². The number of ether oxygens (including phenoxy) is 2. The highest BCUT2D eigenvalue weighted by Crippen LogP contribution is 2.36. The number of nitrogens with zero attached hydrogens (tertiary/aromatic N) is 3. The van der Waals surface area contributed by atoms with Gasteiger partial charge in [-0.2, -0.15) is 10.4 Å². The van der Waals surface area contributed by atoms with Crippen molar-refractivity contribution in [3.05, 3.63) is 52.0 Å². The SMILES string of the molecule is COc1c2ccc(Br)cc2nn1CC(C)(C#N)c1cc(OC(F)(F)F)ccc1C(N)=O. The molecule has 0 aliphatic rings. The van der Waals surface area contributed by atoms with E-state index >= 15 is 0 Å². The number of primary amides is 1. The number of nitriles is 1. The Morgan fingerprint density at radius 2 is 2.00 bits per heavy atom. The molecule has 1 amide bonds. The predicted octanol–water partition coefficient (Wildman–Crippen LogP) is 4.29. The molecule has 1 unspecified atom stereocenters. The maximum absolute atomic E-state index is 12.7. The van der Waals surface area contributed by atoms with Crippen molar-refractivity contribution in [3.8, 4) is 17.7 Å². The third-order valence-corrected chi connectivity index (χ3v) is 5.14. The van der Waals surface area contributed by atoms with Crippen LogP contribution in [0.4, 0.5) is 13.2 Å². The Kier molecular flexibility index (Phi) is 5.87. The van der Waals surface area contributed by atoms with Crippen molar-refractivity contribution in [2.24, 2.45) is 5.73 Å². The highest BCUT2D eigenvalue weighted by atomic mass is 79.9. The zero-order valence-electron chi connectivity index (χ0n) is 16.3. The Morgan fingerprint density at radius 1 is 1.29 bits per heavy atom. The lowest BCUT2D eigenvalue weighted by Crippen LogP contribution is -2.31. The molecule has 0 aliphatic heterocycles. The standard InChI is InChI=1S/C20H16BrF3N4O3/c1-19(9-25,10-28-18(30-2)14-5-3-11(21)7-16(14)27-28)15-8-12(31-20(22,23)24)4-6-13(15)17(26)29/h3-8H,10H2,1-2H3,(H2,26,29). The monoisotopic (exact) mass is 496 g/mol. The van der Waals surface area contributed by atoms with Crippen molar-refractivity contribution < 1.29 is 27.4 Å². The number of rotatable bonds is 6. The summed E-state index contributed by atoms with van der Waals surface area (Å²) in [4.78, 5) is 11.9. The Balaban J connectivity index is 2.14. The molecule has 0 aliphatic carbocycles. The van der Waals surface area contributed by atoms with Crippen LogP contribution in [0.1, 0.15) is 22.8 Å². The van der Waals surface area contributed by atoms with Gasteiger partial charge in [-0.1, -0.05) is 15.9 Å². The van der Waals surface area contributed by atoms with E-state index in [1.165, 1.54) is 18.7 Å². The van der Waals surface area contributed by atoms with Crippen molar-refractivity contribution in [2.45, 2.75) is 25.2 Å². The second-order valence-electron chi connectivity index (χ2n) is 6.89. The molecule has 1 heterocycles. The van der Waals surface area contributed by atoms with Crippen LogP contribution in [0.5, 0.6) is 11.6 Å². The van der Waals surface area contributed by atoms with E-state index in [2.05, 4.69) is 31.8 Å². The fraction of sp³-hybridized carbons (Fsp3) is 0.250. The fourth-order valence-corrected chi connectivity index (χ4v) is 3.63. The van der Waals surface area contributed by atoms with Crippen LogP contribution in [0.2, 0.25) is 0 Å². The van der Waals surface area contributed by atoms with Crippen molar-refractivity contribution >= 4 is 32.7 Å². The van der Waals surface area contributed by atoms with Crippen LogP contribution in [0.25, 0.3) is 10.9 Å². The number of hydrogen-bond donors (Lipinski definition) is 1. The lowest BCUT2D eigenvalue weighted by Gasteiger charge is -2.25. The predicted molar refractivity (Wildman–Crippen MR) is 109 cm³/mol. The first-order valence-electron chi connectivity index (χ1n) is 8.79. The van der Waals surface area contributed by atoms with Gasteiger partial charge in [0.05, 0.1) is 36.0 Å². The van der Waals surface area contributed by atoms with Gasteiger partial charge in [0.15, 0.2) is 0 Å². The molecule has 3 rings (SSSR count). The van der Waals surface area contributed by atoms with Gasteiger partial charge in [0.25, 0.3) is 0 Å². The second-order valence-corrected chi connectivity index (χ2v) is 7.81. The molecular weight excluding hydrogens is 481 g/mol. The second kappa shape index (κ2) is 8.11. The summed E-state index contributed by atoms with van der Waals surface area (Å²) in [5.74, 6) is -1.11. The van der Waals surface area contributed by atoms with Gasteiger partial charge >= 0.3 is 6.36 Å². The minimum Gasteiger partial charge on any atom is -0.481 e. The molecule has 0 saturated carbocycles. The lowest BCUT2D eigenvalue weighted by atomic mass is 9.80. The molecule has 7 nitrogen and oxygen atoms in total. The number of nitrogens with two attached hydrogens (primary N) is 1. The molecule has 0 saturated heterocycles. The number of methoxy groups -OCH3 is 1. The molecular formula is C20H16BrF3N4O3. The Bertz CT molecular complexity index is 1200. The summed E-state index contributed by atoms with van der Waals surface area (Å²) in [6, 6.07) is 10.4. The largest absolute Gasteiger partial charge is 0.573 e. The molecule has 0 spiro atoms. The van der Waals surface area contributed by atoms with Crippen LogP contribution in [-0.4, -0.2) is 29.2 Å². The van der Waals surface area contributed by atoms with E-state index in [1.807, 2.05) is 0 Å². The number of amides is 1. The van der Waals surface area contributed by atoms with Crippen LogP contribution in [0, 0.1) is 11.3 Å². The summed E-state index contributed by atoms with van der Waals surface area (Å²) in [5.41, 5.74) is 4.37. The van der Waals surface area contributed by atoms with E-state index in [0.717, 1.165) is 22.7 Å². The molecule has 3 aromatic rings. The van der Waals surface area contributed by atoms with Gasteiger partial charge in [0.1, 0.15) is 5.75 Å². The zero-order valence-corrected chi connectivity index (χ0v) is 17.9. The van der Waals surface area contributed by atoms with Crippen molar-refractivity contribution in [1.82, 2.24) is 9.78 Å². The van der Waals surface area contributed by atoms with Gasteiger partial charge in [-0.25, -0.2) is 4.68 Å². The maximum atomic E-state index is 12.7. The smallest absolute Gasteiger partial charge is 0.481 e. The van der Waals surface area contributed by atoms with E-state index in [1.54, 1.807) is 18.2 Å². The average Bonchev–Trinajstić information content (AvgIpc) is 3.01. The van der Waals surface area contributed by atoms with E-state index in [9.17, 15) is 23.2 Å². The van der Waals surface area contributed by atoms with E-state index in [-0.39, 0.29) is 17.7 Å². The number of carbonyl (C=O) groups excluding carboxylic acids is 1. The van der Waals surface area contributed by atoms with Crippen LogP contribution in [0.3, 0.4) is 0 Å². The summed E-state index contributed by atoms with van der Waals surface area (Å²) < 4.78 is 49.7. The topological polar surface area (TPSA) is 103 Å². The number of halogens is 4. The summed E-state index contributed by atoms with van der Waals surface area (Å²) >= 11 is 3.36. The highest BCUT2D eigenvalue weighted by molar-refractivity contribution is 9.10. The fourth-order valence-electron chi connectivity index (χ4n) is 3.28. The first kappa shape index (κ1) is 22.4. The molecule has 0 bridgehead atoms. The molecule has 0 radical (unpaired) electrons. The Morgan fingerprint density at radius 3 is 2.58 bits per heavy atom. The molecule has 2 N–H and O–H groups in total. The van der Waals surface area contributed by atoms with Gasteiger partial charge in [-0.15, -0.1) is 13.2 Å². The van der Waals surface area contributed by atoms with Crippen LogP contribution in [0.15, 0.2) is 40.9 Å². The molecule has 0 fully saturated rings. The zero-order chi connectivity index (χ0) is 23.0. The number of carbonyl (C=O) groups is 1. The number of alkyl halides is 3. The van der Waals surface area contributed by atoms with E-state index < -0.39 is 23.4 Å². The minimum absolute atomic E-state index is 0.0213. The maximum Gasteiger partial charge on any atom is 0.573 e. The van der Waals surface area contributed by atoms with Crippen molar-refractivity contribution in [2.75, 3.05) is 7.11 Å². The van der Waals surface area contributed by atoms with Gasteiger partial charge in [-0.05, 0) is 48.9 Å². The minimum atomic E-state index is -4.94. The summed E-state index contributed by atoms with van der Waals surface area (Å²) in [6.45, 7) is 1.34. The number of benzene rings is 2. The van der Waals surface area contributed by atoms with Crippen molar-refractivity contribution in [1.29, 1.82) is 5.26 Å². The average molecular weight is 497 g/mol. The number of fused-ring (bicyclic) bond motifs is 1. The summed E-state index contributed by atoms with van der Waals surface area (Å²) in [6.07, 6.45) is -4.94. The van der Waals surface area contributed by atoms with E-state index in [0.29, 0.717) is 16.8 Å². The molecule has 1 atom stereocenters. The van der Waals surface area contributed by atoms with Gasteiger partial charge in [0.2, 0.25) is 11.8 Å². The third-order valence-electron chi connectivity index (χ3n) is 4.64. The quantitative estimate of drug-likeness (QED) is 0.548. The lowest BCUT2D eigenvalue weighted by molar-refractivity contribution is -0.274. The van der Waals surface area contributed by atoms with E-state index in [4.69, 9.17) is 10.5 Å². The number of aromatic nitrogens is 2.